The van der Waals surface area contributed by atoms with Crippen LogP contribution < -0.4 is 4.74 Å². The molecule has 3 heterocycles. The Balaban J connectivity index is 1.34. The lowest BCUT2D eigenvalue weighted by molar-refractivity contribution is 0.0776. The van der Waals surface area contributed by atoms with Crippen LogP contribution in [-0.4, -0.2) is 55.7 Å². The molecule has 0 N–H and O–H groups in total. The number of carbonyl (C=O) groups is 1. The molecule has 8 heteroatoms. The van der Waals surface area contributed by atoms with Crippen LogP contribution in [0.5, 0.6) is 5.88 Å². The van der Waals surface area contributed by atoms with Crippen LogP contribution in [-0.2, 0) is 0 Å². The monoisotopic (exact) mass is 364 g/mol. The Labute approximate surface area is 156 Å². The summed E-state index contributed by atoms with van der Waals surface area (Å²) < 4.78 is 5.70. The second-order valence-electron chi connectivity index (χ2n) is 6.58. The van der Waals surface area contributed by atoms with Gasteiger partial charge in [0, 0.05) is 25.1 Å². The number of benzene rings is 1. The average Bonchev–Trinajstić information content (AvgIpc) is 3.38. The molecule has 1 fully saturated rings. The summed E-state index contributed by atoms with van der Waals surface area (Å²) in [5.41, 5.74) is 2.02. The molecule has 1 amide bonds. The van der Waals surface area contributed by atoms with Crippen molar-refractivity contribution < 1.29 is 9.53 Å². The van der Waals surface area contributed by atoms with Crippen LogP contribution in [0, 0.1) is 12.8 Å². The van der Waals surface area contributed by atoms with Crippen LogP contribution in [0.1, 0.15) is 22.6 Å². The Morgan fingerprint density at radius 3 is 2.81 bits per heavy atom. The zero-order chi connectivity index (χ0) is 18.6. The molecule has 1 aliphatic heterocycles. The lowest BCUT2D eigenvalue weighted by Gasteiger charge is -2.15. The number of amides is 1. The lowest BCUT2D eigenvalue weighted by atomic mass is 10.1. The molecule has 0 spiro atoms. The second-order valence-corrected chi connectivity index (χ2v) is 6.58. The smallest absolute Gasteiger partial charge is 0.276 e. The topological polar surface area (TPSA) is 86.0 Å². The number of hydrogen-bond acceptors (Lipinski definition) is 6. The van der Waals surface area contributed by atoms with Crippen molar-refractivity contribution in [2.45, 2.75) is 13.3 Å². The highest BCUT2D eigenvalue weighted by Gasteiger charge is 2.29. The summed E-state index contributed by atoms with van der Waals surface area (Å²) >= 11 is 0. The Kier molecular flexibility index (Phi) is 4.78. The van der Waals surface area contributed by atoms with Gasteiger partial charge in [-0.1, -0.05) is 18.2 Å². The van der Waals surface area contributed by atoms with Crippen molar-refractivity contribution in [1.29, 1.82) is 0 Å². The summed E-state index contributed by atoms with van der Waals surface area (Å²) in [6.45, 7) is 3.71. The van der Waals surface area contributed by atoms with E-state index in [1.54, 1.807) is 4.90 Å². The number of hydrogen-bond donors (Lipinski definition) is 0. The molecule has 1 unspecified atom stereocenters. The Morgan fingerprint density at radius 1 is 1.19 bits per heavy atom. The Morgan fingerprint density at radius 2 is 2.04 bits per heavy atom. The van der Waals surface area contributed by atoms with E-state index in [9.17, 15) is 4.79 Å². The molecule has 0 aliphatic carbocycles. The predicted octanol–water partition coefficient (Wildman–Crippen LogP) is 1.91. The van der Waals surface area contributed by atoms with Gasteiger partial charge in [0.05, 0.1) is 24.2 Å². The molecule has 138 valence electrons. The molecule has 1 aromatic carbocycles. The molecular formula is C19H20N6O2. The third kappa shape index (κ3) is 3.94. The van der Waals surface area contributed by atoms with Crippen LogP contribution in [0.25, 0.3) is 5.69 Å². The molecule has 1 saturated heterocycles. The third-order valence-electron chi connectivity index (χ3n) is 4.51. The summed E-state index contributed by atoms with van der Waals surface area (Å²) in [6, 6.07) is 13.2. The number of aryl methyl sites for hydroxylation is 1. The number of carbonyl (C=O) groups excluding carboxylic acids is 1. The maximum atomic E-state index is 12.7. The van der Waals surface area contributed by atoms with Gasteiger partial charge in [0.1, 0.15) is 0 Å². The van der Waals surface area contributed by atoms with E-state index in [4.69, 9.17) is 4.74 Å². The van der Waals surface area contributed by atoms with Crippen molar-refractivity contribution in [3.63, 3.8) is 0 Å². The van der Waals surface area contributed by atoms with E-state index < -0.39 is 0 Å². The first kappa shape index (κ1) is 17.1. The maximum absolute atomic E-state index is 12.7. The number of rotatable bonds is 5. The SMILES string of the molecule is Cc1ccc(OCC2CCN(C(=O)c3cnn(-c4ccccc4)n3)C2)nn1. The van der Waals surface area contributed by atoms with Gasteiger partial charge in [-0.2, -0.15) is 15.0 Å². The molecule has 0 radical (unpaired) electrons. The molecule has 2 aromatic heterocycles. The predicted molar refractivity (Wildman–Crippen MR) is 97.6 cm³/mol. The first-order chi connectivity index (χ1) is 13.2. The van der Waals surface area contributed by atoms with Gasteiger partial charge in [-0.3, -0.25) is 4.79 Å². The van der Waals surface area contributed by atoms with Gasteiger partial charge in [0.2, 0.25) is 5.88 Å². The van der Waals surface area contributed by atoms with E-state index >= 15 is 0 Å². The number of nitrogens with zero attached hydrogens (tertiary/aromatic N) is 6. The van der Waals surface area contributed by atoms with Gasteiger partial charge in [-0.05, 0) is 31.5 Å². The zero-order valence-electron chi connectivity index (χ0n) is 15.0. The molecule has 0 bridgehead atoms. The van der Waals surface area contributed by atoms with E-state index in [2.05, 4.69) is 20.4 Å². The van der Waals surface area contributed by atoms with Gasteiger partial charge >= 0.3 is 0 Å². The largest absolute Gasteiger partial charge is 0.476 e. The number of aromatic nitrogens is 5. The van der Waals surface area contributed by atoms with E-state index in [1.165, 1.54) is 11.0 Å². The number of likely N-dealkylation sites (tertiary alicyclic amines) is 1. The molecule has 8 nitrogen and oxygen atoms in total. The normalized spacial score (nSPS) is 16.5. The van der Waals surface area contributed by atoms with Crippen LogP contribution in [0.4, 0.5) is 0 Å². The number of ether oxygens (including phenoxy) is 1. The highest BCUT2D eigenvalue weighted by molar-refractivity contribution is 5.92. The van der Waals surface area contributed by atoms with Crippen LogP contribution in [0.15, 0.2) is 48.7 Å². The molecule has 27 heavy (non-hydrogen) atoms. The van der Waals surface area contributed by atoms with Crippen molar-refractivity contribution in [1.82, 2.24) is 30.1 Å². The minimum atomic E-state index is -0.102. The van der Waals surface area contributed by atoms with Crippen molar-refractivity contribution in [3.8, 4) is 11.6 Å². The quantitative estimate of drug-likeness (QED) is 0.687. The maximum Gasteiger partial charge on any atom is 0.276 e. The van der Waals surface area contributed by atoms with Crippen molar-refractivity contribution in [2.24, 2.45) is 5.92 Å². The molecule has 0 saturated carbocycles. The van der Waals surface area contributed by atoms with Gasteiger partial charge in [0.15, 0.2) is 5.69 Å². The standard InChI is InChI=1S/C19H20N6O2/c1-14-7-8-18(22-21-14)27-13-15-9-10-24(12-15)19(26)17-11-20-25(23-17)16-5-3-2-4-6-16/h2-8,11,15H,9-10,12-13H2,1H3. The average molecular weight is 364 g/mol. The van der Waals surface area contributed by atoms with Gasteiger partial charge in [-0.25, -0.2) is 0 Å². The van der Waals surface area contributed by atoms with Gasteiger partial charge < -0.3 is 9.64 Å². The Hall–Kier alpha value is -3.29. The van der Waals surface area contributed by atoms with E-state index in [0.717, 1.165) is 17.8 Å². The van der Waals surface area contributed by atoms with Crippen LogP contribution >= 0.6 is 0 Å². The lowest BCUT2D eigenvalue weighted by Crippen LogP contribution is -2.30. The molecule has 1 aliphatic rings. The summed E-state index contributed by atoms with van der Waals surface area (Å²) in [6.07, 6.45) is 2.40. The summed E-state index contributed by atoms with van der Waals surface area (Å²) in [5, 5.41) is 16.5. The molecule has 3 aromatic rings. The first-order valence-corrected chi connectivity index (χ1v) is 8.89. The van der Waals surface area contributed by atoms with Crippen molar-refractivity contribution >= 4 is 5.91 Å². The fourth-order valence-electron chi connectivity index (χ4n) is 3.03. The third-order valence-corrected chi connectivity index (χ3v) is 4.51. The van der Waals surface area contributed by atoms with Crippen molar-refractivity contribution in [3.05, 3.63) is 60.0 Å². The fourth-order valence-corrected chi connectivity index (χ4v) is 3.03. The molecule has 4 rings (SSSR count). The first-order valence-electron chi connectivity index (χ1n) is 8.89. The van der Waals surface area contributed by atoms with Gasteiger partial charge in [0.25, 0.3) is 5.91 Å². The van der Waals surface area contributed by atoms with E-state index in [0.29, 0.717) is 31.3 Å². The Bertz CT molecular complexity index is 909. The van der Waals surface area contributed by atoms with Crippen LogP contribution in [0.2, 0.25) is 0 Å². The zero-order valence-corrected chi connectivity index (χ0v) is 15.0. The minimum Gasteiger partial charge on any atom is -0.476 e. The molecular weight excluding hydrogens is 344 g/mol. The van der Waals surface area contributed by atoms with Gasteiger partial charge in [-0.15, -0.1) is 10.2 Å². The van der Waals surface area contributed by atoms with E-state index in [-0.39, 0.29) is 11.8 Å². The number of para-hydroxylation sites is 1. The minimum absolute atomic E-state index is 0.102. The highest BCUT2D eigenvalue weighted by Crippen LogP contribution is 2.19. The fraction of sp³-hybridized carbons (Fsp3) is 0.316. The van der Waals surface area contributed by atoms with Crippen LogP contribution in [0.3, 0.4) is 0 Å². The van der Waals surface area contributed by atoms with E-state index in [1.807, 2.05) is 49.4 Å². The summed E-state index contributed by atoms with van der Waals surface area (Å²) in [4.78, 5) is 16.0. The summed E-state index contributed by atoms with van der Waals surface area (Å²) in [5.74, 6) is 0.673. The highest BCUT2D eigenvalue weighted by atomic mass is 16.5. The van der Waals surface area contributed by atoms with Crippen molar-refractivity contribution in [2.75, 3.05) is 19.7 Å². The molecule has 1 atom stereocenters. The summed E-state index contributed by atoms with van der Waals surface area (Å²) in [7, 11) is 0. The second kappa shape index (κ2) is 7.53.